The maximum atomic E-state index is 12.5. The van der Waals surface area contributed by atoms with Gasteiger partial charge in [0.1, 0.15) is 0 Å². The second-order valence-electron chi connectivity index (χ2n) is 5.42. The molecule has 1 aliphatic carbocycles. The summed E-state index contributed by atoms with van der Waals surface area (Å²) in [5, 5.41) is 13.2. The quantitative estimate of drug-likeness (QED) is 0.823. The molecule has 0 bridgehead atoms. The van der Waals surface area contributed by atoms with E-state index in [4.69, 9.17) is 5.11 Å². The summed E-state index contributed by atoms with van der Waals surface area (Å²) in [5.41, 5.74) is 0.544. The number of carboxylic acid groups (broad SMARTS) is 1. The van der Waals surface area contributed by atoms with Crippen molar-refractivity contribution in [1.29, 1.82) is 0 Å². The van der Waals surface area contributed by atoms with Crippen LogP contribution in [0.4, 0.5) is 0 Å². The number of rotatable bonds is 7. The maximum absolute atomic E-state index is 12.5. The minimum Gasteiger partial charge on any atom is -0.481 e. The second kappa shape index (κ2) is 6.07. The Morgan fingerprint density at radius 3 is 2.80 bits per heavy atom. The Bertz CT molecular complexity index is 494. The zero-order chi connectivity index (χ0) is 14.7. The fourth-order valence-electron chi connectivity index (χ4n) is 2.15. The van der Waals surface area contributed by atoms with Gasteiger partial charge in [-0.25, -0.2) is 0 Å². The smallest absolute Gasteiger partial charge is 0.308 e. The normalized spacial score (nSPS) is 15.9. The fraction of sp³-hybridized carbons (Fsp3) is 0.643. The molecule has 2 rings (SSSR count). The number of aromatic nitrogens is 2. The lowest BCUT2D eigenvalue weighted by atomic mass is 10.1. The first-order valence-electron chi connectivity index (χ1n) is 7.09. The summed E-state index contributed by atoms with van der Waals surface area (Å²) in [6.07, 6.45) is 6.19. The summed E-state index contributed by atoms with van der Waals surface area (Å²) in [5.74, 6) is -1.53. The molecule has 1 saturated carbocycles. The zero-order valence-corrected chi connectivity index (χ0v) is 12.0. The van der Waals surface area contributed by atoms with Crippen LogP contribution >= 0.6 is 0 Å². The lowest BCUT2D eigenvalue weighted by Crippen LogP contribution is -2.38. The average Bonchev–Trinajstić information content (AvgIpc) is 3.14. The molecule has 1 unspecified atom stereocenters. The molecule has 1 aromatic heterocycles. The van der Waals surface area contributed by atoms with E-state index >= 15 is 0 Å². The summed E-state index contributed by atoms with van der Waals surface area (Å²) in [7, 11) is 0. The van der Waals surface area contributed by atoms with E-state index in [2.05, 4.69) is 5.10 Å². The number of carbonyl (C=O) groups excluding carboxylic acids is 1. The highest BCUT2D eigenvalue weighted by molar-refractivity contribution is 5.94. The number of hydrogen-bond acceptors (Lipinski definition) is 3. The molecule has 0 radical (unpaired) electrons. The summed E-state index contributed by atoms with van der Waals surface area (Å²) >= 11 is 0. The van der Waals surface area contributed by atoms with Crippen molar-refractivity contribution in [2.75, 3.05) is 6.54 Å². The van der Waals surface area contributed by atoms with Crippen LogP contribution in [-0.4, -0.2) is 44.3 Å². The molecule has 6 nitrogen and oxygen atoms in total. The molecule has 1 fully saturated rings. The molecule has 1 aromatic rings. The second-order valence-corrected chi connectivity index (χ2v) is 5.42. The van der Waals surface area contributed by atoms with Crippen LogP contribution in [0, 0.1) is 5.92 Å². The molecule has 1 heterocycles. The van der Waals surface area contributed by atoms with Crippen molar-refractivity contribution in [1.82, 2.24) is 14.7 Å². The van der Waals surface area contributed by atoms with E-state index in [0.29, 0.717) is 5.56 Å². The van der Waals surface area contributed by atoms with Crippen LogP contribution in [0.2, 0.25) is 0 Å². The Morgan fingerprint density at radius 2 is 2.25 bits per heavy atom. The number of nitrogens with zero attached hydrogens (tertiary/aromatic N) is 3. The number of amides is 1. The standard InChI is InChI=1S/C14H21N3O3/c1-3-6-16-9-11(7-15-16)13(18)17(12-4-5-12)8-10(2)14(19)20/h7,9-10,12H,3-6,8H2,1-2H3,(H,19,20). The number of aryl methyl sites for hydroxylation is 1. The molecule has 1 N–H and O–H groups in total. The lowest BCUT2D eigenvalue weighted by molar-refractivity contribution is -0.141. The maximum Gasteiger partial charge on any atom is 0.308 e. The SMILES string of the molecule is CCCn1cc(C(=O)N(CC(C)C(=O)O)C2CC2)cn1. The van der Waals surface area contributed by atoms with Crippen LogP contribution in [-0.2, 0) is 11.3 Å². The third kappa shape index (κ3) is 3.37. The highest BCUT2D eigenvalue weighted by Crippen LogP contribution is 2.29. The Kier molecular flexibility index (Phi) is 4.42. The highest BCUT2D eigenvalue weighted by Gasteiger charge is 2.35. The van der Waals surface area contributed by atoms with Crippen LogP contribution in [0.25, 0.3) is 0 Å². The van der Waals surface area contributed by atoms with Crippen LogP contribution in [0.3, 0.4) is 0 Å². The molecule has 0 saturated heterocycles. The molecule has 6 heteroatoms. The monoisotopic (exact) mass is 279 g/mol. The highest BCUT2D eigenvalue weighted by atomic mass is 16.4. The van der Waals surface area contributed by atoms with Gasteiger partial charge in [0, 0.05) is 25.3 Å². The molecular formula is C14H21N3O3. The summed E-state index contributed by atoms with van der Waals surface area (Å²) in [4.78, 5) is 25.1. The first-order valence-corrected chi connectivity index (χ1v) is 7.09. The van der Waals surface area contributed by atoms with Gasteiger partial charge in [-0.2, -0.15) is 5.10 Å². The van der Waals surface area contributed by atoms with Gasteiger partial charge < -0.3 is 10.0 Å². The average molecular weight is 279 g/mol. The number of hydrogen-bond donors (Lipinski definition) is 1. The number of carboxylic acids is 1. The van der Waals surface area contributed by atoms with Crippen LogP contribution in [0.5, 0.6) is 0 Å². The van der Waals surface area contributed by atoms with Crippen molar-refractivity contribution in [2.24, 2.45) is 5.92 Å². The van der Waals surface area contributed by atoms with Gasteiger partial charge in [-0.05, 0) is 19.3 Å². The minimum atomic E-state index is -0.870. The topological polar surface area (TPSA) is 75.4 Å². The van der Waals surface area contributed by atoms with Crippen molar-refractivity contribution >= 4 is 11.9 Å². The molecular weight excluding hydrogens is 258 g/mol. The Hall–Kier alpha value is -1.85. The van der Waals surface area contributed by atoms with Crippen molar-refractivity contribution in [3.63, 3.8) is 0 Å². The van der Waals surface area contributed by atoms with Crippen LogP contribution < -0.4 is 0 Å². The van der Waals surface area contributed by atoms with E-state index in [1.807, 2.05) is 6.92 Å². The minimum absolute atomic E-state index is 0.108. The fourth-order valence-corrected chi connectivity index (χ4v) is 2.15. The van der Waals surface area contributed by atoms with Crippen molar-refractivity contribution in [3.8, 4) is 0 Å². The van der Waals surface area contributed by atoms with E-state index in [9.17, 15) is 9.59 Å². The zero-order valence-electron chi connectivity index (χ0n) is 12.0. The van der Waals surface area contributed by atoms with Crippen molar-refractivity contribution < 1.29 is 14.7 Å². The van der Waals surface area contributed by atoms with Crippen molar-refractivity contribution in [2.45, 2.75) is 45.7 Å². The van der Waals surface area contributed by atoms with Gasteiger partial charge in [-0.3, -0.25) is 14.3 Å². The van der Waals surface area contributed by atoms with Gasteiger partial charge in [-0.1, -0.05) is 13.8 Å². The molecule has 1 amide bonds. The van der Waals surface area contributed by atoms with E-state index < -0.39 is 11.9 Å². The van der Waals surface area contributed by atoms with E-state index in [1.54, 1.807) is 28.9 Å². The molecule has 110 valence electrons. The number of aliphatic carboxylic acids is 1. The van der Waals surface area contributed by atoms with E-state index in [0.717, 1.165) is 25.8 Å². The molecule has 0 aromatic carbocycles. The van der Waals surface area contributed by atoms with Gasteiger partial charge >= 0.3 is 5.97 Å². The van der Waals surface area contributed by atoms with Gasteiger partial charge in [0.25, 0.3) is 5.91 Å². The molecule has 20 heavy (non-hydrogen) atoms. The van der Waals surface area contributed by atoms with Crippen LogP contribution in [0.15, 0.2) is 12.4 Å². The first-order chi connectivity index (χ1) is 9.52. The summed E-state index contributed by atoms with van der Waals surface area (Å²) in [6.45, 7) is 4.72. The molecule has 0 aliphatic heterocycles. The van der Waals surface area contributed by atoms with Crippen LogP contribution in [0.1, 0.15) is 43.5 Å². The van der Waals surface area contributed by atoms with E-state index in [-0.39, 0.29) is 18.5 Å². The van der Waals surface area contributed by atoms with Gasteiger partial charge in [0.15, 0.2) is 0 Å². The predicted octanol–water partition coefficient (Wildman–Crippen LogP) is 1.62. The Balaban J connectivity index is 2.07. The predicted molar refractivity (Wildman–Crippen MR) is 73.4 cm³/mol. The third-order valence-electron chi connectivity index (χ3n) is 3.47. The molecule has 0 spiro atoms. The number of carbonyl (C=O) groups is 2. The van der Waals surface area contributed by atoms with Crippen molar-refractivity contribution in [3.05, 3.63) is 18.0 Å². The summed E-state index contributed by atoms with van der Waals surface area (Å²) < 4.78 is 1.75. The third-order valence-corrected chi connectivity index (χ3v) is 3.47. The Labute approximate surface area is 118 Å². The first kappa shape index (κ1) is 14.6. The molecule has 1 aliphatic rings. The molecule has 1 atom stereocenters. The summed E-state index contributed by atoms with van der Waals surface area (Å²) in [6, 6.07) is 0.193. The largest absolute Gasteiger partial charge is 0.481 e. The Morgan fingerprint density at radius 1 is 1.55 bits per heavy atom. The van der Waals surface area contributed by atoms with Gasteiger partial charge in [0.2, 0.25) is 0 Å². The van der Waals surface area contributed by atoms with Gasteiger partial charge in [0.05, 0.1) is 17.7 Å². The van der Waals surface area contributed by atoms with E-state index in [1.165, 1.54) is 0 Å². The lowest BCUT2D eigenvalue weighted by Gasteiger charge is -2.23. The van der Waals surface area contributed by atoms with Gasteiger partial charge in [-0.15, -0.1) is 0 Å².